The summed E-state index contributed by atoms with van der Waals surface area (Å²) >= 11 is 12.1. The molecule has 0 bridgehead atoms. The van der Waals surface area contributed by atoms with Gasteiger partial charge in [-0.3, -0.25) is 10.1 Å². The lowest BCUT2D eigenvalue weighted by atomic mass is 10.0. The van der Waals surface area contributed by atoms with Crippen molar-refractivity contribution in [3.8, 4) is 11.3 Å². The lowest BCUT2D eigenvalue weighted by molar-refractivity contribution is -0.139. The molecule has 206 valence electrons. The van der Waals surface area contributed by atoms with E-state index < -0.39 is 30.1 Å². The number of halogens is 2. The monoisotopic (exact) mass is 581 g/mol. The van der Waals surface area contributed by atoms with Gasteiger partial charge in [-0.15, -0.1) is 0 Å². The largest absolute Gasteiger partial charge is 0.480 e. The normalized spacial score (nSPS) is 12.3. The number of anilines is 1. The maximum atomic E-state index is 12.8. The summed E-state index contributed by atoms with van der Waals surface area (Å²) in [5.41, 5.74) is 2.88. The zero-order chi connectivity index (χ0) is 28.8. The van der Waals surface area contributed by atoms with Crippen molar-refractivity contribution in [1.82, 2.24) is 10.5 Å². The Hall–Kier alpha value is -4.34. The molecule has 0 aliphatic carbocycles. The van der Waals surface area contributed by atoms with E-state index in [-0.39, 0.29) is 17.7 Å². The van der Waals surface area contributed by atoms with Crippen LogP contribution in [0, 0.1) is 6.92 Å². The third-order valence-corrected chi connectivity index (χ3v) is 6.68. The molecule has 0 aliphatic rings. The lowest BCUT2D eigenvalue weighted by Crippen LogP contribution is -2.42. The molecule has 0 aliphatic heterocycles. The number of rotatable bonds is 9. The third kappa shape index (κ3) is 6.99. The first kappa shape index (κ1) is 28.7. The van der Waals surface area contributed by atoms with Gasteiger partial charge >= 0.3 is 12.1 Å². The minimum absolute atomic E-state index is 0.0912. The van der Waals surface area contributed by atoms with Crippen LogP contribution in [-0.4, -0.2) is 34.3 Å². The maximum Gasteiger partial charge on any atom is 0.412 e. The quantitative estimate of drug-likeness (QED) is 0.200. The molecule has 0 saturated heterocycles. The van der Waals surface area contributed by atoms with Gasteiger partial charge in [-0.2, -0.15) is 0 Å². The number of aryl methyl sites for hydroxylation is 1. The Morgan fingerprint density at radius 1 is 1.00 bits per heavy atom. The summed E-state index contributed by atoms with van der Waals surface area (Å²) in [5.74, 6) is -1.46. The van der Waals surface area contributed by atoms with E-state index in [0.29, 0.717) is 38.1 Å². The average Bonchev–Trinajstić information content (AvgIpc) is 3.29. The molecule has 0 radical (unpaired) electrons. The van der Waals surface area contributed by atoms with Crippen molar-refractivity contribution in [2.45, 2.75) is 32.4 Å². The first-order valence-electron chi connectivity index (χ1n) is 12.2. The standard InChI is InChI=1S/C29H25Cl2N3O6/c1-16-25(33-29(38)39-17(2)22-5-3-4-6-23(22)31)26(40-34-16)19-9-11-20(12-10-19)27(35)32-24(28(36)37)15-18-7-13-21(30)14-8-18/h3-14,17,24H,15H2,1-2H3,(H,32,35)(H,33,38)(H,36,37)/t17-,24?/m1/s1. The Kier molecular flexibility index (Phi) is 9.08. The Morgan fingerprint density at radius 2 is 1.68 bits per heavy atom. The van der Waals surface area contributed by atoms with Gasteiger partial charge in [-0.05, 0) is 49.7 Å². The van der Waals surface area contributed by atoms with Crippen molar-refractivity contribution in [1.29, 1.82) is 0 Å². The van der Waals surface area contributed by atoms with Crippen molar-refractivity contribution < 1.29 is 28.8 Å². The van der Waals surface area contributed by atoms with Gasteiger partial charge in [-0.1, -0.05) is 70.8 Å². The van der Waals surface area contributed by atoms with Gasteiger partial charge in [0.25, 0.3) is 5.91 Å². The van der Waals surface area contributed by atoms with Crippen molar-refractivity contribution in [3.63, 3.8) is 0 Å². The first-order valence-corrected chi connectivity index (χ1v) is 12.9. The molecule has 2 atom stereocenters. The van der Waals surface area contributed by atoms with E-state index in [1.807, 2.05) is 0 Å². The van der Waals surface area contributed by atoms with E-state index >= 15 is 0 Å². The second-order valence-electron chi connectivity index (χ2n) is 8.94. The molecule has 40 heavy (non-hydrogen) atoms. The fourth-order valence-electron chi connectivity index (χ4n) is 3.95. The van der Waals surface area contributed by atoms with E-state index in [9.17, 15) is 19.5 Å². The van der Waals surface area contributed by atoms with Crippen LogP contribution in [0.15, 0.2) is 77.3 Å². The van der Waals surface area contributed by atoms with Crippen LogP contribution in [0.4, 0.5) is 10.5 Å². The number of nitrogens with zero attached hydrogens (tertiary/aromatic N) is 1. The highest BCUT2D eigenvalue weighted by molar-refractivity contribution is 6.31. The van der Waals surface area contributed by atoms with Gasteiger partial charge in [0, 0.05) is 33.2 Å². The number of carbonyl (C=O) groups excluding carboxylic acids is 2. The average molecular weight is 582 g/mol. The van der Waals surface area contributed by atoms with Crippen LogP contribution in [-0.2, 0) is 16.0 Å². The summed E-state index contributed by atoms with van der Waals surface area (Å²) in [6, 6.07) is 18.9. The van der Waals surface area contributed by atoms with Crippen LogP contribution in [0.3, 0.4) is 0 Å². The molecule has 4 aromatic rings. The zero-order valence-corrected chi connectivity index (χ0v) is 23.0. The summed E-state index contributed by atoms with van der Waals surface area (Å²) in [6.07, 6.45) is -1.24. The minimum atomic E-state index is -1.16. The van der Waals surface area contributed by atoms with Crippen LogP contribution in [0.25, 0.3) is 11.3 Å². The van der Waals surface area contributed by atoms with Gasteiger partial charge in [0.1, 0.15) is 23.5 Å². The first-order chi connectivity index (χ1) is 19.1. The van der Waals surface area contributed by atoms with Gasteiger partial charge in [-0.25, -0.2) is 9.59 Å². The number of aliphatic carboxylic acids is 1. The molecular formula is C29H25Cl2N3O6. The van der Waals surface area contributed by atoms with Crippen molar-refractivity contribution >= 4 is 46.9 Å². The third-order valence-electron chi connectivity index (χ3n) is 6.08. The molecule has 0 fully saturated rings. The molecule has 3 N–H and O–H groups in total. The molecule has 4 rings (SSSR count). The number of ether oxygens (including phenoxy) is 1. The Bertz CT molecular complexity index is 1520. The number of hydrogen-bond acceptors (Lipinski definition) is 6. The van der Waals surface area contributed by atoms with E-state index in [2.05, 4.69) is 15.8 Å². The smallest absolute Gasteiger partial charge is 0.412 e. The van der Waals surface area contributed by atoms with Crippen LogP contribution in [0.1, 0.15) is 40.2 Å². The molecule has 1 heterocycles. The molecule has 9 nitrogen and oxygen atoms in total. The number of carboxylic acid groups (broad SMARTS) is 1. The Morgan fingerprint density at radius 3 is 2.33 bits per heavy atom. The Labute approximate surface area is 240 Å². The lowest BCUT2D eigenvalue weighted by Gasteiger charge is -2.16. The predicted octanol–water partition coefficient (Wildman–Crippen LogP) is 6.69. The van der Waals surface area contributed by atoms with E-state index in [0.717, 1.165) is 0 Å². The summed E-state index contributed by atoms with van der Waals surface area (Å²) in [6.45, 7) is 3.37. The Balaban J connectivity index is 1.43. The van der Waals surface area contributed by atoms with Crippen molar-refractivity contribution in [2.24, 2.45) is 0 Å². The summed E-state index contributed by atoms with van der Waals surface area (Å²) in [4.78, 5) is 37.2. The number of amides is 2. The molecule has 1 unspecified atom stereocenters. The summed E-state index contributed by atoms with van der Waals surface area (Å²) in [7, 11) is 0. The molecule has 1 aromatic heterocycles. The van der Waals surface area contributed by atoms with E-state index in [1.54, 1.807) is 74.5 Å². The fraction of sp³-hybridized carbons (Fsp3) is 0.172. The second-order valence-corrected chi connectivity index (χ2v) is 9.78. The number of aromatic nitrogens is 1. The van der Waals surface area contributed by atoms with Crippen LogP contribution < -0.4 is 10.6 Å². The van der Waals surface area contributed by atoms with E-state index in [4.69, 9.17) is 32.5 Å². The fourth-order valence-corrected chi connectivity index (χ4v) is 4.36. The van der Waals surface area contributed by atoms with Gasteiger partial charge in [0.15, 0.2) is 5.76 Å². The van der Waals surface area contributed by atoms with Crippen LogP contribution >= 0.6 is 23.2 Å². The number of carboxylic acids is 1. The van der Waals surface area contributed by atoms with Crippen LogP contribution in [0.5, 0.6) is 0 Å². The molecule has 3 aromatic carbocycles. The molecule has 0 saturated carbocycles. The predicted molar refractivity (Wildman–Crippen MR) is 151 cm³/mol. The number of benzene rings is 3. The highest BCUT2D eigenvalue weighted by Gasteiger charge is 2.23. The number of carbonyl (C=O) groups is 3. The SMILES string of the molecule is Cc1noc(-c2ccc(C(=O)NC(Cc3ccc(Cl)cc3)C(=O)O)cc2)c1NC(=O)O[C@H](C)c1ccccc1Cl. The highest BCUT2D eigenvalue weighted by Crippen LogP contribution is 2.32. The highest BCUT2D eigenvalue weighted by atomic mass is 35.5. The molecule has 2 amide bonds. The van der Waals surface area contributed by atoms with Crippen LogP contribution in [0.2, 0.25) is 10.0 Å². The topological polar surface area (TPSA) is 131 Å². The summed E-state index contributed by atoms with van der Waals surface area (Å²) in [5, 5.41) is 19.8. The maximum absolute atomic E-state index is 12.8. The number of hydrogen-bond donors (Lipinski definition) is 3. The molecular weight excluding hydrogens is 557 g/mol. The number of nitrogens with one attached hydrogen (secondary N) is 2. The zero-order valence-electron chi connectivity index (χ0n) is 21.5. The molecule has 11 heteroatoms. The minimum Gasteiger partial charge on any atom is -0.480 e. The van der Waals surface area contributed by atoms with Crippen molar-refractivity contribution in [2.75, 3.05) is 5.32 Å². The van der Waals surface area contributed by atoms with Gasteiger partial charge < -0.3 is 19.7 Å². The van der Waals surface area contributed by atoms with E-state index in [1.165, 1.54) is 12.1 Å². The molecule has 0 spiro atoms. The summed E-state index contributed by atoms with van der Waals surface area (Å²) < 4.78 is 10.9. The second kappa shape index (κ2) is 12.7. The van der Waals surface area contributed by atoms with Gasteiger partial charge in [0.05, 0.1) is 0 Å². The van der Waals surface area contributed by atoms with Crippen molar-refractivity contribution in [3.05, 3.63) is 105 Å². The van der Waals surface area contributed by atoms with Gasteiger partial charge in [0.2, 0.25) is 0 Å².